The Morgan fingerprint density at radius 1 is 1.45 bits per heavy atom. The number of carbonyl (C=O) groups excluding carboxylic acids is 2. The SMILES string of the molecule is CCOC1C(=O)Oc2cc(=C=O)c(OC)c(O)c2=C1O. The maximum atomic E-state index is 11.7. The van der Waals surface area contributed by atoms with Gasteiger partial charge in [0.2, 0.25) is 6.10 Å². The molecular formula is C13H12O7. The number of aliphatic hydroxyl groups is 1. The number of phenolic OH excluding ortho intramolecular Hbond substituents is 1. The van der Waals surface area contributed by atoms with Gasteiger partial charge in [-0.1, -0.05) is 0 Å². The van der Waals surface area contributed by atoms with Gasteiger partial charge in [-0.05, 0) is 6.92 Å². The van der Waals surface area contributed by atoms with E-state index in [4.69, 9.17) is 14.2 Å². The largest absolute Gasteiger partial charge is 0.508 e. The van der Waals surface area contributed by atoms with Crippen molar-refractivity contribution in [3.05, 3.63) is 16.5 Å². The van der Waals surface area contributed by atoms with Crippen LogP contribution in [0.4, 0.5) is 0 Å². The van der Waals surface area contributed by atoms with Crippen LogP contribution in [0.5, 0.6) is 17.2 Å². The fourth-order valence-electron chi connectivity index (χ4n) is 1.96. The van der Waals surface area contributed by atoms with Crippen molar-refractivity contribution < 1.29 is 34.0 Å². The molecule has 0 amide bonds. The molecule has 1 heterocycles. The van der Waals surface area contributed by atoms with E-state index >= 15 is 0 Å². The zero-order valence-electron chi connectivity index (χ0n) is 10.8. The standard InChI is InChI=1S/C13H12O7/c1-3-19-12-10(16)8-7(20-13(12)17)4-6(5-14)11(18-2)9(8)15/h4,12,15-16H,3H2,1-2H3. The van der Waals surface area contributed by atoms with Crippen molar-refractivity contribution in [2.75, 3.05) is 13.7 Å². The number of esters is 1. The Balaban J connectivity index is 2.84. The van der Waals surface area contributed by atoms with Gasteiger partial charge in [-0.2, -0.15) is 0 Å². The molecule has 1 aromatic carbocycles. The minimum absolute atomic E-state index is 0.126. The zero-order chi connectivity index (χ0) is 14.9. The first-order valence-corrected chi connectivity index (χ1v) is 5.76. The molecule has 0 spiro atoms. The molecular weight excluding hydrogens is 268 g/mol. The lowest BCUT2D eigenvalue weighted by molar-refractivity contribution is -0.145. The van der Waals surface area contributed by atoms with E-state index in [0.29, 0.717) is 0 Å². The molecule has 0 aliphatic carbocycles. The molecule has 2 N–H and O–H groups in total. The van der Waals surface area contributed by atoms with Crippen molar-refractivity contribution in [2.24, 2.45) is 0 Å². The first-order valence-electron chi connectivity index (χ1n) is 5.76. The minimum atomic E-state index is -1.32. The van der Waals surface area contributed by atoms with Gasteiger partial charge in [0, 0.05) is 12.7 Å². The Bertz CT molecular complexity index is 700. The van der Waals surface area contributed by atoms with Gasteiger partial charge in [0.15, 0.2) is 11.5 Å². The first kappa shape index (κ1) is 13.9. The lowest BCUT2D eigenvalue weighted by Crippen LogP contribution is -2.39. The summed E-state index contributed by atoms with van der Waals surface area (Å²) in [4.78, 5) is 22.5. The molecule has 0 bridgehead atoms. The normalized spacial score (nSPS) is 17.2. The van der Waals surface area contributed by atoms with Gasteiger partial charge >= 0.3 is 5.97 Å². The van der Waals surface area contributed by atoms with Crippen LogP contribution in [0.25, 0.3) is 5.76 Å². The molecule has 1 aliphatic rings. The predicted octanol–water partition coefficient (Wildman–Crippen LogP) is -1.11. The summed E-state index contributed by atoms with van der Waals surface area (Å²) in [5.74, 6) is -0.610. The molecule has 0 fully saturated rings. The summed E-state index contributed by atoms with van der Waals surface area (Å²) in [6.45, 7) is 1.80. The number of benzene rings is 1. The molecule has 1 aromatic rings. The highest BCUT2D eigenvalue weighted by atomic mass is 16.6. The number of hydrogen-bond donors (Lipinski definition) is 2. The molecule has 2 rings (SSSR count). The average molecular weight is 280 g/mol. The van der Waals surface area contributed by atoms with E-state index in [2.05, 4.69) is 0 Å². The van der Waals surface area contributed by atoms with E-state index in [0.717, 1.165) is 6.07 Å². The number of fused-ring (bicyclic) bond motifs is 1. The lowest BCUT2D eigenvalue weighted by Gasteiger charge is -2.21. The van der Waals surface area contributed by atoms with Crippen LogP contribution in [0.15, 0.2) is 6.07 Å². The summed E-state index contributed by atoms with van der Waals surface area (Å²) in [5, 5.41) is 19.9. The highest BCUT2D eigenvalue weighted by Gasteiger charge is 2.34. The van der Waals surface area contributed by atoms with Gasteiger partial charge in [-0.25, -0.2) is 9.59 Å². The van der Waals surface area contributed by atoms with E-state index < -0.39 is 23.6 Å². The molecule has 0 aromatic heterocycles. The number of hydrogen-bond acceptors (Lipinski definition) is 7. The molecule has 20 heavy (non-hydrogen) atoms. The van der Waals surface area contributed by atoms with Gasteiger partial charge in [-0.3, -0.25) is 0 Å². The molecule has 7 heteroatoms. The maximum Gasteiger partial charge on any atom is 0.348 e. The third-order valence-electron chi connectivity index (χ3n) is 2.79. The van der Waals surface area contributed by atoms with Crippen molar-refractivity contribution in [1.29, 1.82) is 0 Å². The van der Waals surface area contributed by atoms with E-state index in [1.54, 1.807) is 12.9 Å². The molecule has 1 atom stereocenters. The fourth-order valence-corrected chi connectivity index (χ4v) is 1.96. The summed E-state index contributed by atoms with van der Waals surface area (Å²) < 4.78 is 14.9. The summed E-state index contributed by atoms with van der Waals surface area (Å²) in [7, 11) is 1.24. The zero-order valence-corrected chi connectivity index (χ0v) is 10.8. The molecule has 0 radical (unpaired) electrons. The van der Waals surface area contributed by atoms with Gasteiger partial charge in [-0.15, -0.1) is 0 Å². The van der Waals surface area contributed by atoms with Crippen LogP contribution >= 0.6 is 0 Å². The molecule has 0 saturated heterocycles. The second-order valence-electron chi connectivity index (χ2n) is 3.92. The Hall–Kier alpha value is -2.50. The lowest BCUT2D eigenvalue weighted by atomic mass is 10.1. The number of ether oxygens (including phenoxy) is 3. The van der Waals surface area contributed by atoms with Gasteiger partial charge in [0.1, 0.15) is 27.9 Å². The van der Waals surface area contributed by atoms with Crippen LogP contribution in [0.3, 0.4) is 0 Å². The monoisotopic (exact) mass is 280 g/mol. The molecule has 7 nitrogen and oxygen atoms in total. The number of aliphatic hydroxyl groups excluding tert-OH is 1. The Morgan fingerprint density at radius 3 is 2.70 bits per heavy atom. The van der Waals surface area contributed by atoms with Crippen LogP contribution in [0.1, 0.15) is 6.92 Å². The Kier molecular flexibility index (Phi) is 3.65. The van der Waals surface area contributed by atoms with Gasteiger partial charge in [0.05, 0.1) is 7.11 Å². The summed E-state index contributed by atoms with van der Waals surface area (Å²) >= 11 is 0. The third kappa shape index (κ3) is 1.99. The van der Waals surface area contributed by atoms with Crippen molar-refractivity contribution in [2.45, 2.75) is 13.0 Å². The number of phenols is 1. The second-order valence-corrected chi connectivity index (χ2v) is 3.92. The van der Waals surface area contributed by atoms with Gasteiger partial charge in [0.25, 0.3) is 0 Å². The van der Waals surface area contributed by atoms with Gasteiger partial charge < -0.3 is 24.4 Å². The summed E-state index contributed by atoms with van der Waals surface area (Å²) in [6.07, 6.45) is -1.32. The van der Waals surface area contributed by atoms with Crippen molar-refractivity contribution in [1.82, 2.24) is 0 Å². The fraction of sp³-hybridized carbons (Fsp3) is 0.308. The number of aromatic hydroxyl groups is 1. The molecule has 1 aliphatic heterocycles. The van der Waals surface area contributed by atoms with E-state index in [-0.39, 0.29) is 28.5 Å². The number of rotatable bonds is 3. The summed E-state index contributed by atoms with van der Waals surface area (Å²) in [6, 6.07) is 1.15. The third-order valence-corrected chi connectivity index (χ3v) is 2.79. The molecule has 1 unspecified atom stereocenters. The molecule has 0 saturated carbocycles. The van der Waals surface area contributed by atoms with Crippen molar-refractivity contribution in [3.8, 4) is 17.2 Å². The maximum absolute atomic E-state index is 11.7. The van der Waals surface area contributed by atoms with Crippen LogP contribution in [-0.4, -0.2) is 41.9 Å². The molecule has 106 valence electrons. The quantitative estimate of drug-likeness (QED) is 0.535. The highest BCUT2D eigenvalue weighted by molar-refractivity contribution is 5.89. The van der Waals surface area contributed by atoms with E-state index in [1.165, 1.54) is 7.11 Å². The first-order chi connectivity index (χ1) is 9.54. The summed E-state index contributed by atoms with van der Waals surface area (Å²) in [5.41, 5.74) is 0. The van der Waals surface area contributed by atoms with E-state index in [1.807, 2.05) is 0 Å². The number of methoxy groups -OCH3 is 1. The highest BCUT2D eigenvalue weighted by Crippen LogP contribution is 2.25. The van der Waals surface area contributed by atoms with Crippen LogP contribution in [-0.2, 0) is 14.3 Å². The van der Waals surface area contributed by atoms with Crippen molar-refractivity contribution >= 4 is 17.7 Å². The van der Waals surface area contributed by atoms with Crippen molar-refractivity contribution in [3.63, 3.8) is 0 Å². The van der Waals surface area contributed by atoms with Crippen LogP contribution in [0.2, 0.25) is 0 Å². The topological polar surface area (TPSA) is 102 Å². The Morgan fingerprint density at radius 2 is 2.15 bits per heavy atom. The average Bonchev–Trinajstić information content (AvgIpc) is 2.42. The number of carbonyl (C=O) groups is 1. The second kappa shape index (κ2) is 5.24. The van der Waals surface area contributed by atoms with E-state index in [9.17, 15) is 19.8 Å². The smallest absolute Gasteiger partial charge is 0.348 e. The minimum Gasteiger partial charge on any atom is -0.508 e. The Labute approximate surface area is 113 Å². The predicted molar refractivity (Wildman–Crippen MR) is 65.8 cm³/mol. The van der Waals surface area contributed by atoms with Crippen LogP contribution in [0, 0.1) is 0 Å². The van der Waals surface area contributed by atoms with Crippen LogP contribution < -0.4 is 19.9 Å².